The van der Waals surface area contributed by atoms with Crippen LogP contribution < -0.4 is 0 Å². The lowest BCUT2D eigenvalue weighted by Gasteiger charge is -2.15. The van der Waals surface area contributed by atoms with Crippen LogP contribution in [0.25, 0.3) is 0 Å². The van der Waals surface area contributed by atoms with Crippen molar-refractivity contribution in [1.82, 2.24) is 4.90 Å². The molecule has 1 rings (SSSR count). The molecule has 0 aliphatic carbocycles. The van der Waals surface area contributed by atoms with E-state index in [9.17, 15) is 14.7 Å². The van der Waals surface area contributed by atoms with Crippen molar-refractivity contribution in [3.8, 4) is 0 Å². The number of allylic oxidation sites excluding steroid dienone is 1. The first-order valence-electron chi connectivity index (χ1n) is 4.32. The molecular formula is C9H13N2O3+. The molecule has 1 aliphatic rings. The van der Waals surface area contributed by atoms with Crippen molar-refractivity contribution in [2.75, 3.05) is 14.1 Å². The smallest absolute Gasteiger partial charge is 0.477 e. The van der Waals surface area contributed by atoms with E-state index in [1.165, 1.54) is 14.1 Å². The van der Waals surface area contributed by atoms with Gasteiger partial charge in [0.25, 0.3) is 5.90 Å². The SMILES string of the molecule is CCC=C1C(=O)N(C)C(=O)[N+](C)=C1O. The number of nitrogens with zero attached hydrogens (tertiary/aromatic N) is 2. The fraction of sp³-hybridized carbons (Fsp3) is 0.444. The zero-order valence-corrected chi connectivity index (χ0v) is 8.44. The normalized spacial score (nSPS) is 21.1. The highest BCUT2D eigenvalue weighted by molar-refractivity contribution is 6.22. The van der Waals surface area contributed by atoms with Gasteiger partial charge in [-0.15, -0.1) is 0 Å². The first kappa shape index (κ1) is 10.4. The van der Waals surface area contributed by atoms with Crippen LogP contribution in [-0.4, -0.2) is 46.5 Å². The Hall–Kier alpha value is -1.65. The molecule has 0 saturated carbocycles. The molecule has 1 heterocycles. The van der Waals surface area contributed by atoms with Gasteiger partial charge in [0.15, 0.2) is 0 Å². The minimum absolute atomic E-state index is 0.178. The standard InChI is InChI=1S/C9H12N2O3/c1-4-5-6-7(12)10(2)9(14)11(3)8(6)13/h5H,4H2,1-3H3/p+1. The summed E-state index contributed by atoms with van der Waals surface area (Å²) in [5, 5.41) is 9.53. The second-order valence-corrected chi connectivity index (χ2v) is 3.06. The minimum Gasteiger partial charge on any atom is -0.477 e. The summed E-state index contributed by atoms with van der Waals surface area (Å²) in [6.45, 7) is 1.85. The largest absolute Gasteiger partial charge is 0.503 e. The number of carbonyl (C=O) groups is 2. The summed E-state index contributed by atoms with van der Waals surface area (Å²) in [4.78, 5) is 23.8. The first-order valence-corrected chi connectivity index (χ1v) is 4.32. The summed E-state index contributed by atoms with van der Waals surface area (Å²) >= 11 is 0. The van der Waals surface area contributed by atoms with Crippen molar-refractivity contribution >= 4 is 17.8 Å². The lowest BCUT2D eigenvalue weighted by molar-refractivity contribution is -0.411. The molecule has 0 radical (unpaired) electrons. The van der Waals surface area contributed by atoms with Crippen LogP contribution in [0.2, 0.25) is 0 Å². The fourth-order valence-electron chi connectivity index (χ4n) is 1.24. The number of aliphatic hydroxyl groups is 1. The predicted molar refractivity (Wildman–Crippen MR) is 50.4 cm³/mol. The summed E-state index contributed by atoms with van der Waals surface area (Å²) in [5.41, 5.74) is 0.178. The van der Waals surface area contributed by atoms with E-state index in [-0.39, 0.29) is 11.5 Å². The molecule has 5 nitrogen and oxygen atoms in total. The Labute approximate surface area is 81.9 Å². The van der Waals surface area contributed by atoms with Gasteiger partial charge in [0.1, 0.15) is 5.57 Å². The number of hydrogen-bond donors (Lipinski definition) is 1. The van der Waals surface area contributed by atoms with Crippen molar-refractivity contribution in [3.63, 3.8) is 0 Å². The Morgan fingerprint density at radius 2 is 2.07 bits per heavy atom. The van der Waals surface area contributed by atoms with Gasteiger partial charge in [-0.25, -0.2) is 4.79 Å². The van der Waals surface area contributed by atoms with Gasteiger partial charge in [0, 0.05) is 0 Å². The highest BCUT2D eigenvalue weighted by Crippen LogP contribution is 2.10. The highest BCUT2D eigenvalue weighted by atomic mass is 16.3. The van der Waals surface area contributed by atoms with E-state index in [0.29, 0.717) is 6.42 Å². The van der Waals surface area contributed by atoms with Crippen molar-refractivity contribution in [2.24, 2.45) is 0 Å². The van der Waals surface area contributed by atoms with Crippen LogP contribution in [0, 0.1) is 0 Å². The Kier molecular flexibility index (Phi) is 2.69. The molecule has 5 heteroatoms. The Bertz CT molecular complexity index is 355. The van der Waals surface area contributed by atoms with E-state index in [0.717, 1.165) is 9.48 Å². The van der Waals surface area contributed by atoms with Crippen molar-refractivity contribution < 1.29 is 19.3 Å². The van der Waals surface area contributed by atoms with Gasteiger partial charge in [-0.1, -0.05) is 13.0 Å². The Morgan fingerprint density at radius 1 is 1.50 bits per heavy atom. The minimum atomic E-state index is -0.527. The third-order valence-electron chi connectivity index (χ3n) is 2.08. The van der Waals surface area contributed by atoms with E-state index in [2.05, 4.69) is 0 Å². The number of imide groups is 1. The molecule has 14 heavy (non-hydrogen) atoms. The van der Waals surface area contributed by atoms with Gasteiger partial charge in [-0.05, 0) is 6.42 Å². The zero-order chi connectivity index (χ0) is 10.9. The van der Waals surface area contributed by atoms with Gasteiger partial charge in [0.2, 0.25) is 0 Å². The zero-order valence-electron chi connectivity index (χ0n) is 8.44. The van der Waals surface area contributed by atoms with Crippen molar-refractivity contribution in [3.05, 3.63) is 11.6 Å². The summed E-state index contributed by atoms with van der Waals surface area (Å²) < 4.78 is 1.04. The molecule has 0 atom stereocenters. The molecule has 76 valence electrons. The molecule has 1 N–H and O–H groups in total. The average molecular weight is 197 g/mol. The molecule has 0 saturated heterocycles. The quantitative estimate of drug-likeness (QED) is 0.492. The van der Waals surface area contributed by atoms with Crippen LogP contribution in [0.1, 0.15) is 13.3 Å². The molecule has 0 aromatic rings. The Balaban J connectivity index is 3.28. The second kappa shape index (κ2) is 3.61. The van der Waals surface area contributed by atoms with Gasteiger partial charge >= 0.3 is 11.9 Å². The second-order valence-electron chi connectivity index (χ2n) is 3.06. The number of carbonyl (C=O) groups excluding carboxylic acids is 2. The number of rotatable bonds is 1. The van der Waals surface area contributed by atoms with E-state index in [1.807, 2.05) is 6.92 Å². The highest BCUT2D eigenvalue weighted by Gasteiger charge is 2.40. The number of hydrogen-bond acceptors (Lipinski definition) is 2. The Morgan fingerprint density at radius 3 is 2.57 bits per heavy atom. The predicted octanol–water partition coefficient (Wildman–Crippen LogP) is 0.514. The maximum Gasteiger partial charge on any atom is 0.503 e. The summed E-state index contributed by atoms with van der Waals surface area (Å²) in [6, 6.07) is -0.527. The van der Waals surface area contributed by atoms with E-state index in [4.69, 9.17) is 0 Å². The van der Waals surface area contributed by atoms with Gasteiger partial charge in [-0.2, -0.15) is 14.3 Å². The molecule has 3 amide bonds. The number of urea groups is 1. The molecule has 0 aromatic carbocycles. The summed E-state index contributed by atoms with van der Waals surface area (Å²) in [6.07, 6.45) is 2.22. The van der Waals surface area contributed by atoms with E-state index >= 15 is 0 Å². The van der Waals surface area contributed by atoms with Crippen LogP contribution in [0.3, 0.4) is 0 Å². The number of aliphatic hydroxyl groups excluding tert-OH is 1. The molecular weight excluding hydrogens is 184 g/mol. The lowest BCUT2D eigenvalue weighted by Crippen LogP contribution is -2.48. The van der Waals surface area contributed by atoms with E-state index in [1.54, 1.807) is 6.08 Å². The van der Waals surface area contributed by atoms with Crippen LogP contribution in [0.5, 0.6) is 0 Å². The molecule has 0 aromatic heterocycles. The molecule has 0 bridgehead atoms. The van der Waals surface area contributed by atoms with Crippen LogP contribution >= 0.6 is 0 Å². The number of likely N-dealkylation sites (N-methyl/N-ethyl adjacent to an activating group) is 1. The molecule has 0 fully saturated rings. The van der Waals surface area contributed by atoms with Gasteiger partial charge < -0.3 is 5.11 Å². The third-order valence-corrected chi connectivity index (χ3v) is 2.08. The average Bonchev–Trinajstić information content (AvgIpc) is 2.19. The van der Waals surface area contributed by atoms with Crippen LogP contribution in [0.4, 0.5) is 4.79 Å². The first-order chi connectivity index (χ1) is 6.50. The lowest BCUT2D eigenvalue weighted by atomic mass is 10.1. The van der Waals surface area contributed by atoms with E-state index < -0.39 is 11.9 Å². The maximum absolute atomic E-state index is 11.5. The summed E-state index contributed by atoms with van der Waals surface area (Å²) in [7, 11) is 2.81. The fourth-order valence-corrected chi connectivity index (χ4v) is 1.24. The molecule has 1 aliphatic heterocycles. The molecule has 0 spiro atoms. The summed E-state index contributed by atoms with van der Waals surface area (Å²) in [5.74, 6) is -0.743. The third kappa shape index (κ3) is 1.41. The number of amides is 3. The monoisotopic (exact) mass is 197 g/mol. The maximum atomic E-state index is 11.5. The van der Waals surface area contributed by atoms with Gasteiger partial charge in [-0.3, -0.25) is 0 Å². The van der Waals surface area contributed by atoms with Crippen molar-refractivity contribution in [1.29, 1.82) is 0 Å². The topological polar surface area (TPSA) is 60.6 Å². The van der Waals surface area contributed by atoms with Gasteiger partial charge in [0.05, 0.1) is 14.1 Å². The van der Waals surface area contributed by atoms with Crippen LogP contribution in [0.15, 0.2) is 11.6 Å². The van der Waals surface area contributed by atoms with Crippen molar-refractivity contribution in [2.45, 2.75) is 13.3 Å². The van der Waals surface area contributed by atoms with Crippen LogP contribution in [-0.2, 0) is 4.79 Å². The molecule has 0 unspecified atom stereocenters.